The van der Waals surface area contributed by atoms with Crippen LogP contribution >= 0.6 is 0 Å². The van der Waals surface area contributed by atoms with Gasteiger partial charge < -0.3 is 4.84 Å². The summed E-state index contributed by atoms with van der Waals surface area (Å²) in [5.74, 6) is 0. The van der Waals surface area contributed by atoms with Crippen molar-refractivity contribution in [2.45, 2.75) is 46.0 Å². The molecule has 0 aromatic carbocycles. The van der Waals surface area contributed by atoms with Crippen LogP contribution in [0.5, 0.6) is 0 Å². The van der Waals surface area contributed by atoms with Crippen molar-refractivity contribution >= 4 is 5.71 Å². The Morgan fingerprint density at radius 2 is 2.00 bits per heavy atom. The Labute approximate surface area is 69.6 Å². The van der Waals surface area contributed by atoms with Crippen LogP contribution in [0.2, 0.25) is 0 Å². The Kier molecular flexibility index (Phi) is 7.21. The Morgan fingerprint density at radius 1 is 1.27 bits per heavy atom. The molecule has 0 atom stereocenters. The number of oxime groups is 1. The normalized spacial score (nSPS) is 11.7. The van der Waals surface area contributed by atoms with E-state index in [-0.39, 0.29) is 0 Å². The minimum absolute atomic E-state index is 1.08. The minimum atomic E-state index is 1.08. The molecule has 0 N–H and O–H groups in total. The summed E-state index contributed by atoms with van der Waals surface area (Å²) in [6.07, 6.45) is 6.26. The predicted octanol–water partition coefficient (Wildman–Crippen LogP) is 2.98. The van der Waals surface area contributed by atoms with E-state index in [9.17, 15) is 0 Å². The van der Waals surface area contributed by atoms with Crippen molar-refractivity contribution in [3.63, 3.8) is 0 Å². The second-order valence-electron chi connectivity index (χ2n) is 2.82. The fraction of sp³-hybridized carbons (Fsp3) is 0.889. The third-order valence-corrected chi connectivity index (χ3v) is 1.64. The number of hydrogen-bond donors (Lipinski definition) is 0. The van der Waals surface area contributed by atoms with Crippen LogP contribution in [0.4, 0.5) is 0 Å². The maximum Gasteiger partial charge on any atom is 0.106 e. The third kappa shape index (κ3) is 7.37. The van der Waals surface area contributed by atoms with Crippen LogP contribution in [0.15, 0.2) is 5.16 Å². The van der Waals surface area contributed by atoms with Crippen LogP contribution in [0.1, 0.15) is 46.0 Å². The topological polar surface area (TPSA) is 21.6 Å². The van der Waals surface area contributed by atoms with Crippen LogP contribution in [0.3, 0.4) is 0 Å². The molecule has 0 aliphatic carbocycles. The van der Waals surface area contributed by atoms with Crippen LogP contribution in [0, 0.1) is 0 Å². The van der Waals surface area contributed by atoms with E-state index in [2.05, 4.69) is 16.9 Å². The lowest BCUT2D eigenvalue weighted by molar-refractivity contribution is 0.212. The second kappa shape index (κ2) is 7.58. The van der Waals surface area contributed by atoms with Crippen LogP contribution in [-0.4, -0.2) is 12.8 Å². The van der Waals surface area contributed by atoms with E-state index >= 15 is 0 Å². The van der Waals surface area contributed by atoms with Gasteiger partial charge in [-0.15, -0.1) is 0 Å². The summed E-state index contributed by atoms with van der Waals surface area (Å²) in [4.78, 5) is 4.65. The van der Waals surface area contributed by atoms with Gasteiger partial charge in [-0.25, -0.2) is 0 Å². The van der Waals surface area contributed by atoms with Crippen LogP contribution < -0.4 is 0 Å². The van der Waals surface area contributed by atoms with Crippen LogP contribution in [0.25, 0.3) is 0 Å². The van der Waals surface area contributed by atoms with E-state index in [1.54, 1.807) is 7.11 Å². The van der Waals surface area contributed by atoms with E-state index in [4.69, 9.17) is 0 Å². The van der Waals surface area contributed by atoms with Gasteiger partial charge in [0.05, 0.1) is 5.71 Å². The molecule has 2 heteroatoms. The molecule has 0 amide bonds. The molecule has 0 aliphatic heterocycles. The van der Waals surface area contributed by atoms with Crippen LogP contribution in [-0.2, 0) is 4.84 Å². The highest BCUT2D eigenvalue weighted by atomic mass is 16.6. The number of nitrogens with zero attached hydrogens (tertiary/aromatic N) is 1. The Balaban J connectivity index is 3.17. The van der Waals surface area contributed by atoms with Crippen molar-refractivity contribution in [3.8, 4) is 0 Å². The zero-order valence-corrected chi connectivity index (χ0v) is 7.89. The van der Waals surface area contributed by atoms with Gasteiger partial charge in [0.2, 0.25) is 0 Å². The lowest BCUT2D eigenvalue weighted by Gasteiger charge is -1.98. The van der Waals surface area contributed by atoms with Gasteiger partial charge in [-0.1, -0.05) is 31.3 Å². The van der Waals surface area contributed by atoms with E-state index in [1.165, 1.54) is 25.7 Å². The lowest BCUT2D eigenvalue weighted by Crippen LogP contribution is -1.91. The standard InChI is InChI=1S/C9H19NO/c1-4-5-6-7-8-9(2)10-11-3/h4-8H2,1-3H3/b10-9+. The fourth-order valence-corrected chi connectivity index (χ4v) is 1.01. The van der Waals surface area contributed by atoms with Gasteiger partial charge in [0, 0.05) is 0 Å². The summed E-state index contributed by atoms with van der Waals surface area (Å²) < 4.78 is 0. The first kappa shape index (κ1) is 10.5. The third-order valence-electron chi connectivity index (χ3n) is 1.64. The maximum atomic E-state index is 4.65. The highest BCUT2D eigenvalue weighted by Crippen LogP contribution is 2.03. The lowest BCUT2D eigenvalue weighted by atomic mass is 10.1. The first-order valence-corrected chi connectivity index (χ1v) is 4.38. The molecule has 0 spiro atoms. The summed E-state index contributed by atoms with van der Waals surface area (Å²) in [7, 11) is 1.59. The minimum Gasteiger partial charge on any atom is -0.399 e. The van der Waals surface area contributed by atoms with Gasteiger partial charge in [-0.3, -0.25) is 0 Å². The van der Waals surface area contributed by atoms with Crippen molar-refractivity contribution in [1.29, 1.82) is 0 Å². The highest BCUT2D eigenvalue weighted by molar-refractivity contribution is 5.81. The summed E-state index contributed by atoms with van der Waals surface area (Å²) in [5.41, 5.74) is 1.10. The summed E-state index contributed by atoms with van der Waals surface area (Å²) in [5, 5.41) is 3.84. The van der Waals surface area contributed by atoms with Crippen molar-refractivity contribution in [3.05, 3.63) is 0 Å². The first-order valence-electron chi connectivity index (χ1n) is 4.38. The van der Waals surface area contributed by atoms with Gasteiger partial charge >= 0.3 is 0 Å². The first-order chi connectivity index (χ1) is 5.31. The molecule has 0 rings (SSSR count). The largest absolute Gasteiger partial charge is 0.399 e. The molecular weight excluding hydrogens is 138 g/mol. The van der Waals surface area contributed by atoms with E-state index in [1.807, 2.05) is 6.92 Å². The molecular formula is C9H19NO. The SMILES string of the molecule is CCCCCC/C(C)=N/OC. The molecule has 0 radical (unpaired) electrons. The second-order valence-corrected chi connectivity index (χ2v) is 2.82. The van der Waals surface area contributed by atoms with Gasteiger partial charge in [-0.2, -0.15) is 0 Å². The molecule has 11 heavy (non-hydrogen) atoms. The Bertz CT molecular complexity index is 110. The fourth-order valence-electron chi connectivity index (χ4n) is 1.01. The smallest absolute Gasteiger partial charge is 0.106 e. The molecule has 0 saturated heterocycles. The van der Waals surface area contributed by atoms with Gasteiger partial charge in [0.1, 0.15) is 7.11 Å². The maximum absolute atomic E-state index is 4.65. The van der Waals surface area contributed by atoms with Crippen molar-refractivity contribution in [2.75, 3.05) is 7.11 Å². The number of hydrogen-bond acceptors (Lipinski definition) is 2. The van der Waals surface area contributed by atoms with Gasteiger partial charge in [0.15, 0.2) is 0 Å². The summed E-state index contributed by atoms with van der Waals surface area (Å²) in [6.45, 7) is 4.23. The molecule has 0 unspecified atom stereocenters. The quantitative estimate of drug-likeness (QED) is 0.330. The number of unbranched alkanes of at least 4 members (excludes halogenated alkanes) is 3. The predicted molar refractivity (Wildman–Crippen MR) is 48.9 cm³/mol. The Morgan fingerprint density at radius 3 is 2.55 bits per heavy atom. The van der Waals surface area contributed by atoms with E-state index in [0.29, 0.717) is 0 Å². The van der Waals surface area contributed by atoms with Crippen molar-refractivity contribution < 1.29 is 4.84 Å². The average molecular weight is 157 g/mol. The average Bonchev–Trinajstić information content (AvgIpc) is 1.99. The summed E-state index contributed by atoms with van der Waals surface area (Å²) in [6, 6.07) is 0. The monoisotopic (exact) mass is 157 g/mol. The molecule has 66 valence electrons. The number of rotatable bonds is 6. The van der Waals surface area contributed by atoms with Crippen molar-refractivity contribution in [2.24, 2.45) is 5.16 Å². The molecule has 0 fully saturated rings. The Hall–Kier alpha value is -0.530. The molecule has 0 aliphatic rings. The van der Waals surface area contributed by atoms with Crippen molar-refractivity contribution in [1.82, 2.24) is 0 Å². The van der Waals surface area contributed by atoms with Gasteiger partial charge in [-0.05, 0) is 19.8 Å². The zero-order chi connectivity index (χ0) is 8.53. The van der Waals surface area contributed by atoms with E-state index in [0.717, 1.165) is 12.1 Å². The molecule has 0 aromatic rings. The van der Waals surface area contributed by atoms with Gasteiger partial charge in [0.25, 0.3) is 0 Å². The summed E-state index contributed by atoms with van der Waals surface area (Å²) >= 11 is 0. The zero-order valence-electron chi connectivity index (χ0n) is 7.89. The molecule has 0 bridgehead atoms. The molecule has 2 nitrogen and oxygen atoms in total. The highest BCUT2D eigenvalue weighted by Gasteiger charge is 1.91. The molecule has 0 heterocycles. The molecule has 0 aromatic heterocycles. The molecule has 0 saturated carbocycles. The van der Waals surface area contributed by atoms with E-state index < -0.39 is 0 Å².